The number of benzene rings is 2. The molecule has 2 nitrogen and oxygen atoms in total. The summed E-state index contributed by atoms with van der Waals surface area (Å²) in [5, 5.41) is 11.5. The monoisotopic (exact) mass is 284 g/mol. The van der Waals surface area contributed by atoms with Crippen molar-refractivity contribution in [2.45, 2.75) is 52.4 Å². The van der Waals surface area contributed by atoms with Crippen LogP contribution >= 0.6 is 0 Å². The lowest BCUT2D eigenvalue weighted by molar-refractivity contribution is 0.0696. The summed E-state index contributed by atoms with van der Waals surface area (Å²) in [6.45, 7) is 12.6. The highest BCUT2D eigenvalue weighted by Gasteiger charge is 2.24. The van der Waals surface area contributed by atoms with Crippen LogP contribution in [0.25, 0.3) is 10.8 Å². The highest BCUT2D eigenvalue weighted by atomic mass is 16.4. The van der Waals surface area contributed by atoms with Gasteiger partial charge >= 0.3 is 5.97 Å². The van der Waals surface area contributed by atoms with Gasteiger partial charge in [-0.3, -0.25) is 0 Å². The largest absolute Gasteiger partial charge is 0.478 e. The number of hydrogen-bond acceptors (Lipinski definition) is 1. The molecule has 0 aliphatic heterocycles. The Hall–Kier alpha value is -1.83. The lowest BCUT2D eigenvalue weighted by Gasteiger charge is -2.24. The third kappa shape index (κ3) is 2.94. The minimum absolute atomic E-state index is 0.0558. The summed E-state index contributed by atoms with van der Waals surface area (Å²) in [6, 6.07) is 10.1. The van der Waals surface area contributed by atoms with Gasteiger partial charge in [0.25, 0.3) is 0 Å². The Morgan fingerprint density at radius 1 is 0.905 bits per heavy atom. The van der Waals surface area contributed by atoms with Crippen molar-refractivity contribution in [3.8, 4) is 0 Å². The van der Waals surface area contributed by atoms with E-state index >= 15 is 0 Å². The van der Waals surface area contributed by atoms with Crippen molar-refractivity contribution >= 4 is 16.7 Å². The molecule has 2 heteroatoms. The Morgan fingerprint density at radius 3 is 2.00 bits per heavy atom. The third-order valence-corrected chi connectivity index (χ3v) is 3.91. The van der Waals surface area contributed by atoms with E-state index in [0.29, 0.717) is 5.56 Å². The zero-order valence-electron chi connectivity index (χ0n) is 13.7. The van der Waals surface area contributed by atoms with Crippen LogP contribution in [0.2, 0.25) is 0 Å². The van der Waals surface area contributed by atoms with Crippen LogP contribution in [0, 0.1) is 0 Å². The number of hydrogen-bond donors (Lipinski definition) is 1. The number of carboxylic acids is 1. The van der Waals surface area contributed by atoms with Crippen LogP contribution in [0.1, 0.15) is 63.0 Å². The number of aromatic carboxylic acids is 1. The van der Waals surface area contributed by atoms with Crippen molar-refractivity contribution in [3.63, 3.8) is 0 Å². The zero-order chi connectivity index (χ0) is 16.0. The number of rotatable bonds is 1. The summed E-state index contributed by atoms with van der Waals surface area (Å²) in [6.07, 6.45) is 0. The predicted molar refractivity (Wildman–Crippen MR) is 88.3 cm³/mol. The van der Waals surface area contributed by atoms with Gasteiger partial charge in [0.05, 0.1) is 5.56 Å². The Labute approximate surface area is 126 Å². The van der Waals surface area contributed by atoms with Crippen molar-refractivity contribution in [2.24, 2.45) is 0 Å². The van der Waals surface area contributed by atoms with Gasteiger partial charge in [-0.15, -0.1) is 0 Å². The van der Waals surface area contributed by atoms with E-state index in [9.17, 15) is 9.90 Å². The lowest BCUT2D eigenvalue weighted by Crippen LogP contribution is -2.17. The molecule has 2 aromatic rings. The van der Waals surface area contributed by atoms with E-state index in [1.165, 1.54) is 5.56 Å². The number of carbonyl (C=O) groups is 1. The first kappa shape index (κ1) is 15.6. The molecule has 0 unspecified atom stereocenters. The molecular formula is C19H24O2. The van der Waals surface area contributed by atoms with E-state index < -0.39 is 5.97 Å². The smallest absolute Gasteiger partial charge is 0.336 e. The third-order valence-electron chi connectivity index (χ3n) is 3.91. The second-order valence-corrected chi connectivity index (χ2v) is 7.73. The molecule has 0 aromatic heterocycles. The zero-order valence-corrected chi connectivity index (χ0v) is 13.7. The van der Waals surface area contributed by atoms with Gasteiger partial charge < -0.3 is 5.11 Å². The van der Waals surface area contributed by atoms with E-state index in [0.717, 1.165) is 16.3 Å². The van der Waals surface area contributed by atoms with Gasteiger partial charge in [0.2, 0.25) is 0 Å². The average Bonchev–Trinajstić information content (AvgIpc) is 2.34. The highest BCUT2D eigenvalue weighted by molar-refractivity contribution is 6.05. The molecule has 0 saturated heterocycles. The minimum atomic E-state index is -0.853. The first-order chi connectivity index (χ1) is 9.51. The summed E-state index contributed by atoms with van der Waals surface area (Å²) in [5.41, 5.74) is 2.39. The second-order valence-electron chi connectivity index (χ2n) is 7.73. The number of fused-ring (bicyclic) bond motifs is 1. The van der Waals surface area contributed by atoms with Crippen LogP contribution in [0.15, 0.2) is 30.3 Å². The summed E-state index contributed by atoms with van der Waals surface area (Å²) in [4.78, 5) is 11.8. The maximum absolute atomic E-state index is 11.8. The normalized spacial score (nSPS) is 12.7. The molecule has 0 heterocycles. The van der Waals surface area contributed by atoms with Crippen molar-refractivity contribution < 1.29 is 9.90 Å². The van der Waals surface area contributed by atoms with Gasteiger partial charge in [-0.05, 0) is 32.7 Å². The van der Waals surface area contributed by atoms with Crippen LogP contribution in [-0.2, 0) is 10.8 Å². The van der Waals surface area contributed by atoms with Gasteiger partial charge in [-0.25, -0.2) is 4.79 Å². The van der Waals surface area contributed by atoms with Gasteiger partial charge in [-0.2, -0.15) is 0 Å². The molecule has 0 fully saturated rings. The maximum atomic E-state index is 11.8. The van der Waals surface area contributed by atoms with Gasteiger partial charge in [0, 0.05) is 0 Å². The van der Waals surface area contributed by atoms with E-state index in [2.05, 4.69) is 26.8 Å². The fourth-order valence-electron chi connectivity index (χ4n) is 2.65. The second kappa shape index (κ2) is 4.87. The summed E-state index contributed by atoms with van der Waals surface area (Å²) in [5.74, 6) is -0.853. The van der Waals surface area contributed by atoms with Gasteiger partial charge in [0.15, 0.2) is 0 Å². The molecule has 21 heavy (non-hydrogen) atoms. The van der Waals surface area contributed by atoms with Crippen LogP contribution in [0.3, 0.4) is 0 Å². The molecule has 0 bridgehead atoms. The van der Waals surface area contributed by atoms with Crippen molar-refractivity contribution in [1.29, 1.82) is 0 Å². The lowest BCUT2D eigenvalue weighted by atomic mass is 9.80. The molecule has 112 valence electrons. The van der Waals surface area contributed by atoms with E-state index in [-0.39, 0.29) is 10.8 Å². The van der Waals surface area contributed by atoms with Crippen LogP contribution in [-0.4, -0.2) is 11.1 Å². The van der Waals surface area contributed by atoms with Crippen LogP contribution in [0.5, 0.6) is 0 Å². The van der Waals surface area contributed by atoms with Crippen molar-refractivity contribution in [1.82, 2.24) is 0 Å². The molecule has 0 amide bonds. The average molecular weight is 284 g/mol. The van der Waals surface area contributed by atoms with E-state index in [4.69, 9.17) is 0 Å². The van der Waals surface area contributed by atoms with Crippen molar-refractivity contribution in [3.05, 3.63) is 47.0 Å². The summed E-state index contributed by atoms with van der Waals surface area (Å²) >= 11 is 0. The van der Waals surface area contributed by atoms with Gasteiger partial charge in [0.1, 0.15) is 0 Å². The fraction of sp³-hybridized carbons (Fsp3) is 0.421. The molecule has 0 aliphatic carbocycles. The summed E-state index contributed by atoms with van der Waals surface area (Å²) < 4.78 is 0. The standard InChI is InChI=1S/C19H24O2/c1-18(2,3)13-8-9-14-12(11-13)7-10-15(19(4,5)6)16(14)17(20)21/h7-11H,1-6H3,(H,20,21). The predicted octanol–water partition coefficient (Wildman–Crippen LogP) is 5.13. The Kier molecular flexibility index (Phi) is 3.61. The van der Waals surface area contributed by atoms with Crippen LogP contribution < -0.4 is 0 Å². The number of carboxylic acid groups (broad SMARTS) is 1. The van der Waals surface area contributed by atoms with Crippen molar-refractivity contribution in [2.75, 3.05) is 0 Å². The highest BCUT2D eigenvalue weighted by Crippen LogP contribution is 2.33. The molecule has 2 rings (SSSR count). The quantitative estimate of drug-likeness (QED) is 0.788. The first-order valence-electron chi connectivity index (χ1n) is 7.33. The molecule has 1 N–H and O–H groups in total. The minimum Gasteiger partial charge on any atom is -0.478 e. The molecule has 0 saturated carbocycles. The Bertz CT molecular complexity index is 698. The Balaban J connectivity index is 2.80. The summed E-state index contributed by atoms with van der Waals surface area (Å²) in [7, 11) is 0. The first-order valence-corrected chi connectivity index (χ1v) is 7.33. The van der Waals surface area contributed by atoms with Crippen LogP contribution in [0.4, 0.5) is 0 Å². The molecule has 0 spiro atoms. The molecule has 0 atom stereocenters. The van der Waals surface area contributed by atoms with E-state index in [1.54, 1.807) is 0 Å². The molecule has 0 aliphatic rings. The topological polar surface area (TPSA) is 37.3 Å². The Morgan fingerprint density at radius 2 is 1.52 bits per heavy atom. The van der Waals surface area contributed by atoms with E-state index in [1.807, 2.05) is 45.0 Å². The SMILES string of the molecule is CC(C)(C)c1ccc2c(C(=O)O)c(C(C)(C)C)ccc2c1. The maximum Gasteiger partial charge on any atom is 0.336 e. The molecule has 2 aromatic carbocycles. The van der Waals surface area contributed by atoms with Gasteiger partial charge in [-0.1, -0.05) is 71.9 Å². The fourth-order valence-corrected chi connectivity index (χ4v) is 2.65. The molecule has 0 radical (unpaired) electrons. The molecular weight excluding hydrogens is 260 g/mol.